The lowest BCUT2D eigenvalue weighted by Crippen LogP contribution is -2.25. The summed E-state index contributed by atoms with van der Waals surface area (Å²) in [6.45, 7) is 0. The van der Waals surface area contributed by atoms with E-state index >= 15 is 0 Å². The van der Waals surface area contributed by atoms with Crippen LogP contribution in [0.4, 0.5) is 0 Å². The van der Waals surface area contributed by atoms with Crippen molar-refractivity contribution in [2.75, 3.05) is 0 Å². The molecular formula is C63H34O2S. The summed E-state index contributed by atoms with van der Waals surface area (Å²) in [6.07, 6.45) is 0. The number of fused-ring (bicyclic) bond motifs is 23. The van der Waals surface area contributed by atoms with Gasteiger partial charge in [0.1, 0.15) is 22.3 Å². The number of benzene rings is 11. The monoisotopic (exact) mass is 854 g/mol. The third-order valence-corrected chi connectivity index (χ3v) is 16.2. The quantitative estimate of drug-likeness (QED) is 0.162. The molecule has 0 N–H and O–H groups in total. The Balaban J connectivity index is 0.963. The average molecular weight is 855 g/mol. The number of thiophene rings is 1. The van der Waals surface area contributed by atoms with Gasteiger partial charge in [-0.1, -0.05) is 170 Å². The molecule has 0 bridgehead atoms. The van der Waals surface area contributed by atoms with E-state index in [4.69, 9.17) is 8.83 Å². The van der Waals surface area contributed by atoms with Crippen molar-refractivity contribution in [3.05, 3.63) is 229 Å². The molecule has 3 aromatic heterocycles. The third-order valence-electron chi connectivity index (χ3n) is 15.1. The summed E-state index contributed by atoms with van der Waals surface area (Å²) in [5, 5.41) is 12.0. The Labute approximate surface area is 382 Å². The molecule has 14 aromatic rings. The second-order valence-corrected chi connectivity index (χ2v) is 19.2. The van der Waals surface area contributed by atoms with E-state index in [0.29, 0.717) is 0 Å². The Morgan fingerprint density at radius 2 is 0.848 bits per heavy atom. The summed E-state index contributed by atoms with van der Waals surface area (Å²) < 4.78 is 16.4. The summed E-state index contributed by atoms with van der Waals surface area (Å²) >= 11 is 1.85. The van der Waals surface area contributed by atoms with Gasteiger partial charge in [0.25, 0.3) is 0 Å². The van der Waals surface area contributed by atoms with E-state index in [1.807, 2.05) is 11.3 Å². The van der Waals surface area contributed by atoms with Gasteiger partial charge in [0.05, 0.1) is 5.41 Å². The molecule has 3 heteroatoms. The second kappa shape index (κ2) is 12.5. The maximum atomic E-state index is 7.21. The summed E-state index contributed by atoms with van der Waals surface area (Å²) in [7, 11) is 0. The van der Waals surface area contributed by atoms with Crippen LogP contribution in [-0.4, -0.2) is 0 Å². The molecule has 0 unspecified atom stereocenters. The fraction of sp³-hybridized carbons (Fsp3) is 0.0159. The fourth-order valence-electron chi connectivity index (χ4n) is 12.6. The lowest BCUT2D eigenvalue weighted by atomic mass is 9.70. The molecule has 66 heavy (non-hydrogen) atoms. The van der Waals surface area contributed by atoms with Gasteiger partial charge in [-0.15, -0.1) is 11.3 Å². The first-order valence-electron chi connectivity index (χ1n) is 22.7. The van der Waals surface area contributed by atoms with Crippen LogP contribution in [0, 0.1) is 0 Å². The molecule has 0 radical (unpaired) electrons. The Bertz CT molecular complexity index is 4380. The van der Waals surface area contributed by atoms with Gasteiger partial charge in [-0.25, -0.2) is 0 Å². The lowest BCUT2D eigenvalue weighted by molar-refractivity contribution is 0.669. The predicted molar refractivity (Wildman–Crippen MR) is 276 cm³/mol. The van der Waals surface area contributed by atoms with Crippen molar-refractivity contribution >= 4 is 96.9 Å². The van der Waals surface area contributed by atoms with Crippen molar-refractivity contribution in [2.24, 2.45) is 0 Å². The molecule has 0 saturated carbocycles. The zero-order valence-corrected chi connectivity index (χ0v) is 36.2. The smallest absolute Gasteiger partial charge is 0.143 e. The van der Waals surface area contributed by atoms with E-state index in [2.05, 4.69) is 206 Å². The van der Waals surface area contributed by atoms with E-state index < -0.39 is 5.41 Å². The molecule has 2 nitrogen and oxygen atoms in total. The van der Waals surface area contributed by atoms with Gasteiger partial charge >= 0.3 is 0 Å². The highest BCUT2D eigenvalue weighted by atomic mass is 32.1. The van der Waals surface area contributed by atoms with Gasteiger partial charge < -0.3 is 8.83 Å². The lowest BCUT2D eigenvalue weighted by Gasteiger charge is -2.30. The molecule has 0 atom stereocenters. The number of hydrogen-bond donors (Lipinski definition) is 0. The molecule has 0 fully saturated rings. The highest BCUT2D eigenvalue weighted by molar-refractivity contribution is 7.26. The van der Waals surface area contributed by atoms with Crippen LogP contribution in [0.1, 0.15) is 22.3 Å². The van der Waals surface area contributed by atoms with Gasteiger partial charge in [0.15, 0.2) is 0 Å². The fourth-order valence-corrected chi connectivity index (χ4v) is 13.7. The van der Waals surface area contributed by atoms with Gasteiger partial charge in [0.2, 0.25) is 0 Å². The standard InChI is InChI=1S/C63H34O2S/c1-3-18-40-38(16-1)56(35-28-30-51-46(34-35)60-52(64-51)32-33-55-61(60)43-21-8-12-27-54(43)66-55)39-17-2-4-19-41(39)57(40)44-22-13-23-45-59-53(65-62(44)45)31-29-50-58(59)42-20-7-11-26-49(42)63(50)47-24-9-5-14-36(47)37-15-6-10-25-48(37)63/h1-34H. The van der Waals surface area contributed by atoms with Crippen molar-refractivity contribution < 1.29 is 8.83 Å². The minimum Gasteiger partial charge on any atom is -0.456 e. The third kappa shape index (κ3) is 4.23. The van der Waals surface area contributed by atoms with Crippen LogP contribution in [0.3, 0.4) is 0 Å². The van der Waals surface area contributed by atoms with Crippen molar-refractivity contribution in [3.63, 3.8) is 0 Å². The topological polar surface area (TPSA) is 26.3 Å². The minimum atomic E-state index is -0.425. The molecule has 2 aliphatic carbocycles. The van der Waals surface area contributed by atoms with Gasteiger partial charge in [-0.3, -0.25) is 0 Å². The van der Waals surface area contributed by atoms with Crippen LogP contribution in [0.15, 0.2) is 215 Å². The Hall–Kier alpha value is -8.24. The number of hydrogen-bond acceptors (Lipinski definition) is 3. The van der Waals surface area contributed by atoms with Gasteiger partial charge in [0, 0.05) is 52.8 Å². The number of rotatable bonds is 2. The normalized spacial score (nSPS) is 13.6. The summed E-state index contributed by atoms with van der Waals surface area (Å²) in [4.78, 5) is 0. The zero-order chi connectivity index (χ0) is 42.8. The second-order valence-electron chi connectivity index (χ2n) is 18.1. The maximum absolute atomic E-state index is 7.21. The van der Waals surface area contributed by atoms with Crippen LogP contribution >= 0.6 is 11.3 Å². The highest BCUT2D eigenvalue weighted by Gasteiger charge is 2.52. The Morgan fingerprint density at radius 3 is 1.58 bits per heavy atom. The van der Waals surface area contributed by atoms with Crippen LogP contribution in [0.5, 0.6) is 0 Å². The SMILES string of the molecule is c1ccc2c(c1)-c1ccccc1C21c2ccccc2-c2c1ccc1oc3c(-c4c5ccccc5c(-c5ccc6oc7ccc8sc9ccccc9c8c7c6c5)c5ccccc45)cccc3c21. The molecule has 11 aromatic carbocycles. The van der Waals surface area contributed by atoms with Crippen molar-refractivity contribution in [1.82, 2.24) is 0 Å². The predicted octanol–water partition coefficient (Wildman–Crippen LogP) is 17.8. The summed E-state index contributed by atoms with van der Waals surface area (Å²) in [5.74, 6) is 0. The highest BCUT2D eigenvalue weighted by Crippen LogP contribution is 2.64. The van der Waals surface area contributed by atoms with E-state index in [1.165, 1.54) is 114 Å². The molecule has 0 aliphatic heterocycles. The number of furan rings is 2. The van der Waals surface area contributed by atoms with E-state index in [-0.39, 0.29) is 0 Å². The van der Waals surface area contributed by atoms with E-state index in [0.717, 1.165) is 38.7 Å². The minimum absolute atomic E-state index is 0.425. The van der Waals surface area contributed by atoms with Crippen LogP contribution in [0.25, 0.3) is 130 Å². The summed E-state index contributed by atoms with van der Waals surface area (Å²) in [6, 6.07) is 76.2. The van der Waals surface area contributed by atoms with Crippen molar-refractivity contribution in [3.8, 4) is 44.5 Å². The van der Waals surface area contributed by atoms with Crippen molar-refractivity contribution in [2.45, 2.75) is 5.41 Å². The first-order chi connectivity index (χ1) is 32.8. The van der Waals surface area contributed by atoms with Crippen LogP contribution in [0.2, 0.25) is 0 Å². The van der Waals surface area contributed by atoms with E-state index in [9.17, 15) is 0 Å². The maximum Gasteiger partial charge on any atom is 0.143 e. The van der Waals surface area contributed by atoms with Crippen LogP contribution < -0.4 is 0 Å². The first kappa shape index (κ1) is 35.2. The molecule has 304 valence electrons. The largest absolute Gasteiger partial charge is 0.456 e. The Kier molecular flexibility index (Phi) is 6.66. The molecule has 0 amide bonds. The molecular weight excluding hydrogens is 821 g/mol. The average Bonchev–Trinajstić information content (AvgIpc) is 4.18. The molecule has 16 rings (SSSR count). The molecule has 2 aliphatic rings. The Morgan fingerprint density at radius 1 is 0.303 bits per heavy atom. The van der Waals surface area contributed by atoms with Crippen molar-refractivity contribution in [1.29, 1.82) is 0 Å². The zero-order valence-electron chi connectivity index (χ0n) is 35.4. The summed E-state index contributed by atoms with van der Waals surface area (Å²) in [5.41, 5.74) is 18.4. The molecule has 0 saturated heterocycles. The van der Waals surface area contributed by atoms with Gasteiger partial charge in [-0.05, 0) is 114 Å². The first-order valence-corrected chi connectivity index (χ1v) is 23.6. The van der Waals surface area contributed by atoms with E-state index in [1.54, 1.807) is 0 Å². The molecule has 3 heterocycles. The van der Waals surface area contributed by atoms with Gasteiger partial charge in [-0.2, -0.15) is 0 Å². The van der Waals surface area contributed by atoms with Crippen LogP contribution in [-0.2, 0) is 5.41 Å². The molecule has 1 spiro atoms. The number of para-hydroxylation sites is 1.